The molecule has 6 nitrogen and oxygen atoms in total. The maximum Gasteiger partial charge on any atom is 0.294 e. The highest BCUT2D eigenvalue weighted by Crippen LogP contribution is 2.41. The van der Waals surface area contributed by atoms with Crippen LogP contribution in [0.1, 0.15) is 23.6 Å². The molecule has 0 spiro atoms. The number of pyridine rings is 1. The summed E-state index contributed by atoms with van der Waals surface area (Å²) in [5.74, 6) is -1.30. The highest BCUT2D eigenvalue weighted by molar-refractivity contribution is 6.16. The summed E-state index contributed by atoms with van der Waals surface area (Å²) in [7, 11) is 3.87. The van der Waals surface area contributed by atoms with E-state index in [-0.39, 0.29) is 17.8 Å². The molecule has 1 aliphatic heterocycles. The Morgan fingerprint density at radius 3 is 2.28 bits per heavy atom. The quantitative estimate of drug-likeness (QED) is 0.610. The number of aromatic nitrogens is 1. The van der Waals surface area contributed by atoms with Gasteiger partial charge in [-0.15, -0.1) is 0 Å². The Morgan fingerprint density at radius 1 is 1.00 bits per heavy atom. The first kappa shape index (κ1) is 21.3. The number of rotatable bonds is 7. The molecule has 1 aromatic heterocycles. The molecule has 0 aliphatic carbocycles. The molecule has 1 N–H and O–H groups in total. The van der Waals surface area contributed by atoms with Gasteiger partial charge in [-0.1, -0.05) is 30.3 Å². The monoisotopic (exact) mass is 427 g/mol. The van der Waals surface area contributed by atoms with Crippen molar-refractivity contribution in [3.05, 3.63) is 102 Å². The van der Waals surface area contributed by atoms with E-state index in [1.54, 1.807) is 24.5 Å². The zero-order valence-corrected chi connectivity index (χ0v) is 18.1. The number of carbonyl (C=O) groups excluding carboxylic acids is 2. The Hall–Kier alpha value is -3.93. The standard InChI is InChI=1S/C26H25N3O3/c1-28(2)20-9-11-21(12-10-20)29-24(19-14-16-27-17-15-19)23(25(31)26(29)32)22(30)13-8-18-6-4-3-5-7-18/h3-7,9-12,14-17,24,31H,8,13H2,1-2H3. The zero-order valence-electron chi connectivity index (χ0n) is 18.1. The van der Waals surface area contributed by atoms with Gasteiger partial charge in [-0.25, -0.2) is 0 Å². The minimum absolute atomic E-state index is 0.133. The van der Waals surface area contributed by atoms with Crippen LogP contribution in [0.15, 0.2) is 90.5 Å². The van der Waals surface area contributed by atoms with Crippen molar-refractivity contribution in [2.24, 2.45) is 0 Å². The van der Waals surface area contributed by atoms with Crippen molar-refractivity contribution in [3.8, 4) is 0 Å². The van der Waals surface area contributed by atoms with Crippen LogP contribution in [0.4, 0.5) is 11.4 Å². The number of Topliss-reactive ketones (excluding diaryl/α,β-unsaturated/α-hetero) is 1. The van der Waals surface area contributed by atoms with Crippen LogP contribution in [0.3, 0.4) is 0 Å². The second kappa shape index (κ2) is 9.06. The van der Waals surface area contributed by atoms with Crippen LogP contribution < -0.4 is 9.80 Å². The van der Waals surface area contributed by atoms with E-state index in [0.29, 0.717) is 12.1 Å². The van der Waals surface area contributed by atoms with E-state index < -0.39 is 17.7 Å². The molecule has 1 unspecified atom stereocenters. The van der Waals surface area contributed by atoms with Crippen LogP contribution in [0, 0.1) is 0 Å². The lowest BCUT2D eigenvalue weighted by atomic mass is 9.93. The van der Waals surface area contributed by atoms with Gasteiger partial charge in [0.1, 0.15) is 0 Å². The van der Waals surface area contributed by atoms with Gasteiger partial charge in [-0.3, -0.25) is 19.5 Å². The van der Waals surface area contributed by atoms with Crippen LogP contribution in [-0.4, -0.2) is 35.9 Å². The summed E-state index contributed by atoms with van der Waals surface area (Å²) in [6, 6.07) is 20.0. The van der Waals surface area contributed by atoms with Crippen molar-refractivity contribution < 1.29 is 14.7 Å². The van der Waals surface area contributed by atoms with Crippen molar-refractivity contribution in [2.75, 3.05) is 23.9 Å². The third kappa shape index (κ3) is 4.12. The smallest absolute Gasteiger partial charge is 0.294 e. The number of carbonyl (C=O) groups is 2. The summed E-state index contributed by atoms with van der Waals surface area (Å²) in [4.78, 5) is 33.9. The molecule has 1 amide bonds. The van der Waals surface area contributed by atoms with Crippen LogP contribution >= 0.6 is 0 Å². The predicted octanol–water partition coefficient (Wildman–Crippen LogP) is 4.25. The molecular weight excluding hydrogens is 402 g/mol. The molecular formula is C26H25N3O3. The second-order valence-electron chi connectivity index (χ2n) is 7.94. The SMILES string of the molecule is CN(C)c1ccc(N2C(=O)C(O)=C(C(=O)CCc3ccccc3)C2c2ccncc2)cc1. The van der Waals surface area contributed by atoms with Gasteiger partial charge in [0, 0.05) is 44.3 Å². The van der Waals surface area contributed by atoms with Gasteiger partial charge in [-0.05, 0) is 53.9 Å². The first-order valence-corrected chi connectivity index (χ1v) is 10.5. The number of hydrogen-bond acceptors (Lipinski definition) is 5. The van der Waals surface area contributed by atoms with E-state index in [2.05, 4.69) is 4.98 Å². The Balaban J connectivity index is 1.69. The largest absolute Gasteiger partial charge is 0.503 e. The Bertz CT molecular complexity index is 1140. The lowest BCUT2D eigenvalue weighted by Crippen LogP contribution is -2.31. The molecule has 0 radical (unpaired) electrons. The van der Waals surface area contributed by atoms with Crippen molar-refractivity contribution in [1.29, 1.82) is 0 Å². The number of aryl methyl sites for hydroxylation is 1. The van der Waals surface area contributed by atoms with Gasteiger partial charge in [0.25, 0.3) is 5.91 Å². The van der Waals surface area contributed by atoms with Crippen LogP contribution in [-0.2, 0) is 16.0 Å². The van der Waals surface area contributed by atoms with Crippen molar-refractivity contribution in [2.45, 2.75) is 18.9 Å². The fourth-order valence-corrected chi connectivity index (χ4v) is 3.97. The number of anilines is 2. The number of amides is 1. The van der Waals surface area contributed by atoms with Crippen LogP contribution in [0.2, 0.25) is 0 Å². The molecule has 32 heavy (non-hydrogen) atoms. The van der Waals surface area contributed by atoms with Gasteiger partial charge >= 0.3 is 0 Å². The topological polar surface area (TPSA) is 73.7 Å². The summed E-state index contributed by atoms with van der Waals surface area (Å²) in [5.41, 5.74) is 3.48. The van der Waals surface area contributed by atoms with E-state index in [4.69, 9.17) is 0 Å². The second-order valence-corrected chi connectivity index (χ2v) is 7.94. The molecule has 4 rings (SSSR count). The summed E-state index contributed by atoms with van der Waals surface area (Å²) < 4.78 is 0. The summed E-state index contributed by atoms with van der Waals surface area (Å²) >= 11 is 0. The molecule has 2 aromatic carbocycles. The number of hydrogen-bond donors (Lipinski definition) is 1. The zero-order chi connectivity index (χ0) is 22.7. The maximum absolute atomic E-state index is 13.3. The first-order chi connectivity index (χ1) is 15.5. The molecule has 1 atom stereocenters. The number of aliphatic hydroxyl groups excluding tert-OH is 1. The van der Waals surface area contributed by atoms with Gasteiger partial charge in [0.15, 0.2) is 11.5 Å². The first-order valence-electron chi connectivity index (χ1n) is 10.5. The highest BCUT2D eigenvalue weighted by Gasteiger charge is 2.44. The Kier molecular flexibility index (Phi) is 6.03. The van der Waals surface area contributed by atoms with E-state index in [1.807, 2.05) is 73.6 Å². The highest BCUT2D eigenvalue weighted by atomic mass is 16.3. The fourth-order valence-electron chi connectivity index (χ4n) is 3.97. The number of aliphatic hydroxyl groups is 1. The summed E-state index contributed by atoms with van der Waals surface area (Å²) in [6.45, 7) is 0. The number of benzene rings is 2. The summed E-state index contributed by atoms with van der Waals surface area (Å²) in [6.07, 6.45) is 3.97. The molecule has 2 heterocycles. The van der Waals surface area contributed by atoms with Crippen LogP contribution in [0.5, 0.6) is 0 Å². The van der Waals surface area contributed by atoms with Gasteiger partial charge in [-0.2, -0.15) is 0 Å². The number of ketones is 1. The van der Waals surface area contributed by atoms with Gasteiger partial charge in [0.05, 0.1) is 11.6 Å². The van der Waals surface area contributed by atoms with Crippen molar-refractivity contribution >= 4 is 23.1 Å². The molecule has 0 saturated carbocycles. The molecule has 0 saturated heterocycles. The predicted molar refractivity (Wildman–Crippen MR) is 125 cm³/mol. The maximum atomic E-state index is 13.3. The van der Waals surface area contributed by atoms with Crippen molar-refractivity contribution in [1.82, 2.24) is 4.98 Å². The molecule has 1 aliphatic rings. The van der Waals surface area contributed by atoms with Gasteiger partial charge in [0.2, 0.25) is 0 Å². The van der Waals surface area contributed by atoms with E-state index >= 15 is 0 Å². The van der Waals surface area contributed by atoms with E-state index in [1.165, 1.54) is 4.90 Å². The minimum Gasteiger partial charge on any atom is -0.503 e. The normalized spacial score (nSPS) is 15.9. The average molecular weight is 428 g/mol. The third-order valence-electron chi connectivity index (χ3n) is 5.66. The lowest BCUT2D eigenvalue weighted by molar-refractivity contribution is -0.118. The van der Waals surface area contributed by atoms with E-state index in [9.17, 15) is 14.7 Å². The molecule has 3 aromatic rings. The molecule has 162 valence electrons. The van der Waals surface area contributed by atoms with E-state index in [0.717, 1.165) is 16.8 Å². The minimum atomic E-state index is -0.709. The Morgan fingerprint density at radius 2 is 1.66 bits per heavy atom. The molecule has 6 heteroatoms. The summed E-state index contributed by atoms with van der Waals surface area (Å²) in [5, 5.41) is 10.8. The third-order valence-corrected chi connectivity index (χ3v) is 5.66. The van der Waals surface area contributed by atoms with Crippen LogP contribution in [0.25, 0.3) is 0 Å². The Labute approximate surface area is 187 Å². The lowest BCUT2D eigenvalue weighted by Gasteiger charge is -2.27. The molecule has 0 fully saturated rings. The molecule has 0 bridgehead atoms. The van der Waals surface area contributed by atoms with Gasteiger partial charge < -0.3 is 10.0 Å². The van der Waals surface area contributed by atoms with Crippen molar-refractivity contribution in [3.63, 3.8) is 0 Å². The fraction of sp³-hybridized carbons (Fsp3) is 0.192. The number of nitrogens with zero attached hydrogens (tertiary/aromatic N) is 3. The average Bonchev–Trinajstić information content (AvgIpc) is 3.09.